The van der Waals surface area contributed by atoms with Gasteiger partial charge in [0.05, 0.1) is 0 Å². The van der Waals surface area contributed by atoms with E-state index in [0.717, 1.165) is 128 Å². The molecule has 90 heavy (non-hydrogen) atoms. The molecule has 20 fully saturated rings. The highest BCUT2D eigenvalue weighted by Crippen LogP contribution is 2.60. The van der Waals surface area contributed by atoms with E-state index in [1.165, 1.54) is 207 Å². The summed E-state index contributed by atoms with van der Waals surface area (Å²) in [6.45, 7) is 14.4. The van der Waals surface area contributed by atoms with E-state index in [2.05, 4.69) is 114 Å². The van der Waals surface area contributed by atoms with Gasteiger partial charge in [-0.2, -0.15) is 0 Å². The maximum Gasteiger partial charge on any atom is 0.0355 e. The van der Waals surface area contributed by atoms with Gasteiger partial charge in [0.15, 0.2) is 0 Å². The third-order valence-electron chi connectivity index (χ3n) is 28.1. The first-order valence-electron chi connectivity index (χ1n) is 38.2. The molecule has 0 atom stereocenters. The molecule has 1 aliphatic heterocycles. The summed E-state index contributed by atoms with van der Waals surface area (Å²) in [4.78, 5) is 13.4. The lowest BCUT2D eigenvalue weighted by atomic mass is 9.53. The molecule has 0 amide bonds. The van der Waals surface area contributed by atoms with Crippen LogP contribution in [0, 0.1) is 103 Å². The zero-order chi connectivity index (χ0) is 60.7. The van der Waals surface area contributed by atoms with E-state index in [1.807, 2.05) is 40.2 Å². The molecule has 21 aliphatic carbocycles. The van der Waals surface area contributed by atoms with E-state index in [9.17, 15) is 0 Å². The lowest BCUT2D eigenvalue weighted by molar-refractivity contribution is -0.0206. The summed E-state index contributed by atoms with van der Waals surface area (Å²) in [5.41, 5.74) is 7.06. The second-order valence-electron chi connectivity index (χ2n) is 35.7. The standard InChI is InChI=1S/C17H25NS.C17H25N.2C16H23NS.C15H22N2/c1-2-15-3-4-16(19-15)11-18-17-8-12-5-13(9-17)7-14(6-12)10-17;1-12-3-2-4-16(12)11-18-17-8-13-5-14(9-17)7-15(6-13)10-17;2*1-11-2-3-15(18-11)10-17-16-7-12-4-13(8-16)6-14(5-12)9-16;1-2-14(16-3-1)10-17-15-7-11-4-12(8-15)6-13(5-11)9-15/h3-4,12-14,18H,2,5-11H2,1H3;2-3,13-15,18H,4-11H2,1H3;2*2-3,12-14,17H,4-10H2,1H3;1,3,11-13,17H,2,4-10H2. The average Bonchev–Trinajstić information content (AvgIpc) is 0.850. The van der Waals surface area contributed by atoms with Gasteiger partial charge in [0, 0.05) is 108 Å². The summed E-state index contributed by atoms with van der Waals surface area (Å²) in [7, 11) is 0. The van der Waals surface area contributed by atoms with Crippen LogP contribution in [-0.2, 0) is 26.1 Å². The Balaban J connectivity index is 0.0000000901. The summed E-state index contributed by atoms with van der Waals surface area (Å²) in [5, 5.41) is 19.8. The smallest absolute Gasteiger partial charge is 0.0355 e. The molecule has 22 aliphatic rings. The molecule has 3 aromatic rings. The van der Waals surface area contributed by atoms with E-state index >= 15 is 0 Å². The SMILES string of the molecule is C1=CN=C(CNC23CC4CC(CC(C4)C2)C3)C1.CC1=C(CNC23CC4CC(CC(C4)C2)C3)CC=C1.CCc1ccc(CNC23CC4CC(CC(C4)C2)C3)s1.Cc1ccc(CNC23CC4CC(CC(C4)C2)C3)s1.Cc1ccc(CNC23CC4CC(CC(C4)C2)C3)s1. The van der Waals surface area contributed by atoms with E-state index < -0.39 is 0 Å². The van der Waals surface area contributed by atoms with Crippen molar-refractivity contribution in [1.29, 1.82) is 0 Å². The summed E-state index contributed by atoms with van der Waals surface area (Å²) < 4.78 is 0. The summed E-state index contributed by atoms with van der Waals surface area (Å²) in [6, 6.07) is 13.7. The largest absolute Gasteiger partial charge is 0.307 e. The van der Waals surface area contributed by atoms with E-state index in [1.54, 1.807) is 44.1 Å². The third kappa shape index (κ3) is 14.1. The first-order valence-corrected chi connectivity index (χ1v) is 40.6. The van der Waals surface area contributed by atoms with Gasteiger partial charge in [0.1, 0.15) is 0 Å². The second-order valence-corrected chi connectivity index (χ2v) is 39.7. The van der Waals surface area contributed by atoms with Crippen LogP contribution in [0.3, 0.4) is 0 Å². The Labute approximate surface area is 557 Å². The number of hydrogen-bond donors (Lipinski definition) is 5. The van der Waals surface area contributed by atoms with E-state index in [-0.39, 0.29) is 0 Å². The Hall–Kier alpha value is -2.21. The van der Waals surface area contributed by atoms with Crippen molar-refractivity contribution in [2.75, 3.05) is 13.1 Å². The Morgan fingerprint density at radius 2 is 0.633 bits per heavy atom. The quantitative estimate of drug-likeness (QED) is 0.0989. The zero-order valence-corrected chi connectivity index (χ0v) is 58.9. The Bertz CT molecular complexity index is 2840. The van der Waals surface area contributed by atoms with Crippen molar-refractivity contribution in [2.45, 2.75) is 287 Å². The molecule has 6 nitrogen and oxygen atoms in total. The molecule has 0 unspecified atom stereocenters. The molecule has 0 saturated heterocycles. The van der Waals surface area contributed by atoms with Crippen LogP contribution in [0.2, 0.25) is 0 Å². The van der Waals surface area contributed by atoms with Crippen LogP contribution in [0.1, 0.15) is 249 Å². The fraction of sp³-hybridized carbons (Fsp3) is 0.765. The fourth-order valence-corrected chi connectivity index (χ4v) is 28.9. The van der Waals surface area contributed by atoms with Gasteiger partial charge in [-0.05, 0) is 357 Å². The lowest BCUT2D eigenvalue weighted by Crippen LogP contribution is -2.59. The topological polar surface area (TPSA) is 72.5 Å². The van der Waals surface area contributed by atoms with Crippen molar-refractivity contribution >= 4 is 39.7 Å². The van der Waals surface area contributed by atoms with Crippen LogP contribution in [-0.4, -0.2) is 46.5 Å². The summed E-state index contributed by atoms with van der Waals surface area (Å²) in [6.07, 6.45) is 57.2. The van der Waals surface area contributed by atoms with Crippen molar-refractivity contribution in [3.8, 4) is 0 Å². The molecule has 0 radical (unpaired) electrons. The highest BCUT2D eigenvalue weighted by molar-refractivity contribution is 7.12. The van der Waals surface area contributed by atoms with Gasteiger partial charge in [0.2, 0.25) is 0 Å². The minimum absolute atomic E-state index is 0.500. The van der Waals surface area contributed by atoms with Gasteiger partial charge < -0.3 is 26.6 Å². The Kier molecular flexibility index (Phi) is 18.1. The van der Waals surface area contributed by atoms with Crippen LogP contribution in [0.5, 0.6) is 0 Å². The molecule has 490 valence electrons. The van der Waals surface area contributed by atoms with Crippen LogP contribution in [0.4, 0.5) is 0 Å². The van der Waals surface area contributed by atoms with E-state index in [4.69, 9.17) is 0 Å². The fourth-order valence-electron chi connectivity index (χ4n) is 26.3. The number of allylic oxidation sites excluding steroid dienone is 4. The molecular formula is C81H118N6S3. The highest BCUT2D eigenvalue weighted by atomic mass is 32.1. The van der Waals surface area contributed by atoms with Crippen molar-refractivity contribution < 1.29 is 0 Å². The van der Waals surface area contributed by atoms with Gasteiger partial charge in [-0.1, -0.05) is 30.7 Å². The summed E-state index contributed by atoms with van der Waals surface area (Å²) in [5.74, 6) is 15.7. The predicted octanol–water partition coefficient (Wildman–Crippen LogP) is 19.3. The van der Waals surface area contributed by atoms with Crippen molar-refractivity contribution in [1.82, 2.24) is 26.6 Å². The normalized spacial score (nSPS) is 42.9. The van der Waals surface area contributed by atoms with Gasteiger partial charge in [-0.15, -0.1) is 34.0 Å². The van der Waals surface area contributed by atoms with Gasteiger partial charge in [-0.3, -0.25) is 4.99 Å². The van der Waals surface area contributed by atoms with Crippen LogP contribution < -0.4 is 26.6 Å². The molecule has 4 heterocycles. The number of hydrogen-bond acceptors (Lipinski definition) is 9. The Morgan fingerprint density at radius 3 is 0.889 bits per heavy atom. The molecule has 5 N–H and O–H groups in total. The lowest BCUT2D eigenvalue weighted by Gasteiger charge is -2.57. The maximum atomic E-state index is 4.43. The molecule has 25 rings (SSSR count). The number of aryl methyl sites for hydroxylation is 3. The van der Waals surface area contributed by atoms with Gasteiger partial charge >= 0.3 is 0 Å². The number of nitrogens with zero attached hydrogens (tertiary/aromatic N) is 1. The molecule has 0 spiro atoms. The first kappa shape index (κ1) is 62.6. The highest BCUT2D eigenvalue weighted by Gasteiger charge is 2.55. The predicted molar refractivity (Wildman–Crippen MR) is 380 cm³/mol. The number of nitrogens with one attached hydrogen (secondary N) is 5. The molecule has 3 aromatic heterocycles. The third-order valence-corrected chi connectivity index (χ3v) is 31.3. The number of aliphatic imine (C=N–C) groups is 1. The zero-order valence-electron chi connectivity index (χ0n) is 56.5. The van der Waals surface area contributed by atoms with Crippen molar-refractivity contribution in [2.24, 2.45) is 93.8 Å². The summed E-state index contributed by atoms with van der Waals surface area (Å²) >= 11 is 5.91. The van der Waals surface area contributed by atoms with Gasteiger partial charge in [-0.25, -0.2) is 0 Å². The molecule has 9 heteroatoms. The van der Waals surface area contributed by atoms with Crippen LogP contribution in [0.15, 0.2) is 77.0 Å². The second kappa shape index (κ2) is 26.0. The van der Waals surface area contributed by atoms with Crippen molar-refractivity contribution in [3.05, 3.63) is 101 Å². The molecule has 20 bridgehead atoms. The first-order chi connectivity index (χ1) is 43.7. The minimum atomic E-state index is 0.500. The van der Waals surface area contributed by atoms with Crippen LogP contribution >= 0.6 is 34.0 Å². The average molecular weight is 1270 g/mol. The molecule has 0 aromatic carbocycles. The molecule has 20 saturated carbocycles. The number of rotatable bonds is 16. The number of thiophene rings is 3. The molecular weight excluding hydrogens is 1150 g/mol. The minimum Gasteiger partial charge on any atom is -0.307 e. The van der Waals surface area contributed by atoms with E-state index in [0.29, 0.717) is 27.7 Å². The Morgan fingerprint density at radius 1 is 0.344 bits per heavy atom. The monoisotopic (exact) mass is 1270 g/mol. The van der Waals surface area contributed by atoms with Crippen molar-refractivity contribution in [3.63, 3.8) is 0 Å². The van der Waals surface area contributed by atoms with Gasteiger partial charge in [0.25, 0.3) is 0 Å². The van der Waals surface area contributed by atoms with Crippen LogP contribution in [0.25, 0.3) is 0 Å². The maximum absolute atomic E-state index is 4.43.